The zero-order valence-corrected chi connectivity index (χ0v) is 98.2. The first-order chi connectivity index (χ1) is 67.4. The van der Waals surface area contributed by atoms with E-state index in [1.807, 2.05) is 94.1 Å². The minimum atomic E-state index is 0. The van der Waals surface area contributed by atoms with Crippen molar-refractivity contribution < 1.29 is 19.5 Å². The second kappa shape index (κ2) is 78.0. The Morgan fingerprint density at radius 1 is 0.153 bits per heavy atom. The number of aromatic nitrogens is 8. The fourth-order valence-corrected chi connectivity index (χ4v) is 28.2. The van der Waals surface area contributed by atoms with Crippen LogP contribution in [0.5, 0.6) is 0 Å². The fourth-order valence-electron chi connectivity index (χ4n) is 19.7. The van der Waals surface area contributed by atoms with Gasteiger partial charge in [0.05, 0.1) is 23.3 Å². The van der Waals surface area contributed by atoms with Crippen LogP contribution in [0.1, 0.15) is 518 Å². The third-order valence-corrected chi connectivity index (χ3v) is 37.2. The third-order valence-electron chi connectivity index (χ3n) is 28.0. The molecule has 7 aromatic rings. The van der Waals surface area contributed by atoms with Gasteiger partial charge in [-0.3, -0.25) is 0 Å². The Labute approximate surface area is 886 Å². The topological polar surface area (TPSA) is 106 Å². The molecule has 3 aromatic heterocycles. The van der Waals surface area contributed by atoms with Crippen molar-refractivity contribution >= 4 is 138 Å². The Balaban J connectivity index is 0.0000230. The van der Waals surface area contributed by atoms with E-state index in [1.54, 1.807) is 0 Å². The van der Waals surface area contributed by atoms with Crippen molar-refractivity contribution in [1.29, 1.82) is 0 Å². The molecule has 137 heavy (non-hydrogen) atoms. The van der Waals surface area contributed by atoms with Crippen LogP contribution in [0.3, 0.4) is 0 Å². The Hall–Kier alpha value is -2.34. The van der Waals surface area contributed by atoms with Crippen LogP contribution in [-0.4, -0.2) is 75.9 Å². The number of hydrogen-bond acceptors (Lipinski definition) is 14. The van der Waals surface area contributed by atoms with Crippen molar-refractivity contribution in [2.24, 2.45) is 0 Å². The maximum absolute atomic E-state index is 6.20. The standard InChI is InChI=1S/C120H192N8S8.Zn/c1-9-17-25-33-41-49-57-65-73-89-129-97-81-82-98(130-90-74-66-58-50-42-34-26-18-10-2)106-105(97)113-121-114(106)126-116-109-101(133-93-77-69-61-53-45-37-29-21-13-5)85-86-102(134-94-78-70-62-54-46-38-30-22-14-6)110(109)118(123-116)128-120-112-104(136-96-80-72-64-56-48-40-32-24-16-8)88-87-103(135-95-79-71-63-55-47-39-31-23-15-7)111(112)119(124-120)127-117-108-100(132-92-76-68-60-52-44-36-28-20-12-4)84-83-99(107(108)115(122-117)125-113)131-91-75-67-59-51-43-35-27-19-11-3;/h81-88H,9-80,89-96H2,1-8H3;/q-2;+2. The Morgan fingerprint density at radius 3 is 0.409 bits per heavy atom. The average molecular weight is 2070 g/mol. The van der Waals surface area contributed by atoms with Gasteiger partial charge in [0.1, 0.15) is 0 Å². The predicted octanol–water partition coefficient (Wildman–Crippen LogP) is 43.1. The van der Waals surface area contributed by atoms with E-state index in [-0.39, 0.29) is 19.5 Å². The molecule has 0 saturated carbocycles. The summed E-state index contributed by atoms with van der Waals surface area (Å²) in [5.74, 6) is 11.2. The van der Waals surface area contributed by atoms with E-state index in [2.05, 4.69) is 104 Å². The quantitative estimate of drug-likeness (QED) is 0.0205. The van der Waals surface area contributed by atoms with E-state index < -0.39 is 0 Å². The van der Waals surface area contributed by atoms with Gasteiger partial charge in [-0.2, -0.15) is 0 Å². The Kier molecular flexibility index (Phi) is 68.3. The Bertz CT molecular complexity index is 3920. The van der Waals surface area contributed by atoms with Crippen molar-refractivity contribution in [2.45, 2.75) is 557 Å². The number of fused-ring (bicyclic) bond motifs is 20. The van der Waals surface area contributed by atoms with Gasteiger partial charge in [0.2, 0.25) is 0 Å². The van der Waals surface area contributed by atoms with Crippen LogP contribution in [0.4, 0.5) is 0 Å². The molecule has 0 atom stereocenters. The van der Waals surface area contributed by atoms with E-state index >= 15 is 0 Å². The summed E-state index contributed by atoms with van der Waals surface area (Å²) in [4.78, 5) is 59.0. The first-order valence-corrected chi connectivity index (χ1v) is 65.7. The Morgan fingerprint density at radius 2 is 0.270 bits per heavy atom. The van der Waals surface area contributed by atoms with Crippen LogP contribution in [0, 0.1) is 0 Å². The van der Waals surface area contributed by atoms with Gasteiger partial charge in [0.25, 0.3) is 0 Å². The van der Waals surface area contributed by atoms with Crippen LogP contribution in [0.15, 0.2) is 87.7 Å². The maximum Gasteiger partial charge on any atom is 2.00 e. The van der Waals surface area contributed by atoms with Crippen LogP contribution in [0.2, 0.25) is 0 Å². The molecule has 4 aromatic carbocycles. The number of nitrogens with zero attached hydrogens (tertiary/aromatic N) is 8. The van der Waals surface area contributed by atoms with Crippen LogP contribution in [-0.2, 0) is 19.5 Å². The van der Waals surface area contributed by atoms with E-state index in [4.69, 9.17) is 39.9 Å². The molecular formula is C120H192N8S8Zn. The first-order valence-electron chi connectivity index (χ1n) is 57.8. The van der Waals surface area contributed by atoms with E-state index in [1.165, 1.54) is 501 Å². The number of rotatable bonds is 88. The van der Waals surface area contributed by atoms with Gasteiger partial charge in [-0.15, -0.1) is 94.1 Å². The summed E-state index contributed by atoms with van der Waals surface area (Å²) in [6.45, 7) is 18.7. The summed E-state index contributed by atoms with van der Waals surface area (Å²) < 4.78 is 0. The van der Waals surface area contributed by atoms with Crippen molar-refractivity contribution in [2.75, 3.05) is 46.0 Å². The minimum absolute atomic E-state index is 0. The van der Waals surface area contributed by atoms with Gasteiger partial charge in [-0.05, 0) is 146 Å². The van der Waals surface area contributed by atoms with E-state index in [0.29, 0.717) is 0 Å². The molecule has 0 saturated heterocycles. The third kappa shape index (κ3) is 45.5. The van der Waals surface area contributed by atoms with E-state index in [9.17, 15) is 0 Å². The molecule has 2 aliphatic heterocycles. The molecule has 8 nitrogen and oxygen atoms in total. The molecule has 0 N–H and O–H groups in total. The summed E-state index contributed by atoms with van der Waals surface area (Å²) >= 11 is 16.2. The second-order valence-electron chi connectivity index (χ2n) is 40.1. The van der Waals surface area contributed by atoms with Crippen LogP contribution < -0.4 is 9.97 Å². The largest absolute Gasteiger partial charge is 2.00 e. The molecule has 0 amide bonds. The normalized spacial score (nSPS) is 12.0. The summed E-state index contributed by atoms with van der Waals surface area (Å²) in [5.41, 5.74) is 7.33. The average Bonchev–Trinajstić information content (AvgIpc) is 1.57. The van der Waals surface area contributed by atoms with E-state index in [0.717, 1.165) is 136 Å². The SMILES string of the molecule is CCCCCCCCCCCSc1ccc(SCCCCCCCCCCC)c2c1-c1nc-2nc2[n-]c(nc3nc(nc4[n-]c(n1)c1c(SCCCCCCCCCCC)ccc(SCCCCCCCCCCC)c41)-c1c(SCCCCCCCCCCC)ccc(SCCCCCCCCCCC)c1-3)c1c(SCCCCCCCCCCC)ccc(SCCCCCCCCCCC)c21.[Zn+2]. The number of hydrogen-bond donors (Lipinski definition) is 0. The molecule has 8 bridgehead atoms. The molecule has 0 fully saturated rings. The maximum atomic E-state index is 6.20. The van der Waals surface area contributed by atoms with Crippen molar-refractivity contribution in [1.82, 2.24) is 39.9 Å². The number of unbranched alkanes of at least 4 members (excludes halogenated alkanes) is 64. The second-order valence-corrected chi connectivity index (χ2v) is 49.2. The number of thioether (sulfide) groups is 8. The van der Waals surface area contributed by atoms with Gasteiger partial charge in [0.15, 0.2) is 0 Å². The summed E-state index contributed by atoms with van der Waals surface area (Å²) in [5, 5.41) is 4.45. The molecule has 5 heterocycles. The van der Waals surface area contributed by atoms with Gasteiger partial charge >= 0.3 is 19.5 Å². The predicted molar refractivity (Wildman–Crippen MR) is 618 cm³/mol. The summed E-state index contributed by atoms with van der Waals surface area (Å²) in [6, 6.07) is 19.7. The molecule has 762 valence electrons. The van der Waals surface area contributed by atoms with Crippen molar-refractivity contribution in [3.8, 4) is 45.6 Å². The molecule has 2 aliphatic rings. The molecule has 9 rings (SSSR count). The van der Waals surface area contributed by atoms with Gasteiger partial charge < -0.3 is 29.9 Å². The van der Waals surface area contributed by atoms with Crippen molar-refractivity contribution in [3.05, 3.63) is 48.5 Å². The molecule has 0 spiro atoms. The fraction of sp³-hybridized carbons (Fsp3) is 0.733. The minimum Gasteiger partial charge on any atom is -0.357 e. The summed E-state index contributed by atoms with van der Waals surface area (Å²) in [6.07, 6.45) is 94.2. The molecule has 0 unspecified atom stereocenters. The van der Waals surface area contributed by atoms with Gasteiger partial charge in [-0.1, -0.05) is 466 Å². The smallest absolute Gasteiger partial charge is 0.357 e. The molecule has 0 radical (unpaired) electrons. The first kappa shape index (κ1) is 120. The molecular weight excluding hydrogens is 1880 g/mol. The zero-order chi connectivity index (χ0) is 95.4. The van der Waals surface area contributed by atoms with Crippen LogP contribution in [0.25, 0.3) is 89.7 Å². The molecule has 17 heteroatoms. The summed E-state index contributed by atoms with van der Waals surface area (Å²) in [7, 11) is 0. The van der Waals surface area contributed by atoms with Crippen molar-refractivity contribution in [3.63, 3.8) is 0 Å². The van der Waals surface area contributed by atoms with Gasteiger partial charge in [-0.25, -0.2) is 9.97 Å². The van der Waals surface area contributed by atoms with Crippen LogP contribution >= 0.6 is 94.1 Å². The monoisotopic (exact) mass is 2070 g/mol. The zero-order valence-electron chi connectivity index (χ0n) is 88.7. The number of benzene rings is 4. The molecule has 0 aliphatic carbocycles. The van der Waals surface area contributed by atoms with Gasteiger partial charge in [0, 0.05) is 106 Å².